The van der Waals surface area contributed by atoms with Crippen LogP contribution in [0.4, 0.5) is 5.69 Å². The van der Waals surface area contributed by atoms with E-state index < -0.39 is 5.60 Å². The van der Waals surface area contributed by atoms with E-state index in [1.165, 1.54) is 6.39 Å². The summed E-state index contributed by atoms with van der Waals surface area (Å²) in [6.07, 6.45) is 4.83. The van der Waals surface area contributed by atoms with Gasteiger partial charge < -0.3 is 19.5 Å². The molecule has 0 bridgehead atoms. The molecule has 1 saturated heterocycles. The van der Waals surface area contributed by atoms with Crippen LogP contribution in [0.15, 0.2) is 46.4 Å². The summed E-state index contributed by atoms with van der Waals surface area (Å²) >= 11 is 0. The predicted molar refractivity (Wildman–Crippen MR) is 97.9 cm³/mol. The second-order valence-electron chi connectivity index (χ2n) is 6.89. The average Bonchev–Trinajstić information content (AvgIpc) is 3.34. The van der Waals surface area contributed by atoms with Crippen LogP contribution in [0, 0.1) is 0 Å². The molecule has 2 aliphatic rings. The minimum absolute atomic E-state index is 0.0653. The van der Waals surface area contributed by atoms with Gasteiger partial charge in [0.05, 0.1) is 6.20 Å². The minimum atomic E-state index is -0.464. The summed E-state index contributed by atoms with van der Waals surface area (Å²) < 4.78 is 5.25. The summed E-state index contributed by atoms with van der Waals surface area (Å²) in [5, 5.41) is 6.86. The van der Waals surface area contributed by atoms with Crippen molar-refractivity contribution in [3.05, 3.63) is 36.9 Å². The first-order valence-corrected chi connectivity index (χ1v) is 8.86. The van der Waals surface area contributed by atoms with Gasteiger partial charge in [0.2, 0.25) is 5.91 Å². The largest absolute Gasteiger partial charge is 0.444 e. The quantitative estimate of drug-likeness (QED) is 0.897. The Bertz CT molecular complexity index is 866. The molecule has 8 heteroatoms. The van der Waals surface area contributed by atoms with Crippen LogP contribution in [-0.4, -0.2) is 46.1 Å². The number of carbonyl (C=O) groups excluding carboxylic acids is 2. The van der Waals surface area contributed by atoms with E-state index >= 15 is 0 Å². The Hall–Kier alpha value is -3.16. The van der Waals surface area contributed by atoms with Crippen LogP contribution in [0.3, 0.4) is 0 Å². The highest BCUT2D eigenvalue weighted by molar-refractivity contribution is 6.43. The van der Waals surface area contributed by atoms with Crippen molar-refractivity contribution in [2.75, 3.05) is 18.4 Å². The molecule has 1 N–H and O–H groups in total. The highest BCUT2D eigenvalue weighted by Gasteiger charge is 2.44. The zero-order chi connectivity index (χ0) is 18.9. The lowest BCUT2D eigenvalue weighted by Crippen LogP contribution is -2.46. The van der Waals surface area contributed by atoms with Crippen molar-refractivity contribution >= 4 is 23.2 Å². The van der Waals surface area contributed by atoms with Crippen molar-refractivity contribution < 1.29 is 18.8 Å². The Morgan fingerprint density at radius 3 is 2.56 bits per heavy atom. The van der Waals surface area contributed by atoms with E-state index in [0.29, 0.717) is 49.5 Å². The van der Waals surface area contributed by atoms with Crippen molar-refractivity contribution in [1.82, 2.24) is 9.88 Å². The fraction of sp³-hybridized carbons (Fsp3) is 0.368. The maximum absolute atomic E-state index is 12.5. The number of rotatable bonds is 3. The molecule has 1 aromatic carbocycles. The minimum Gasteiger partial charge on any atom is -0.444 e. The molecular weight excluding hydrogens is 348 g/mol. The molecule has 0 saturated carbocycles. The summed E-state index contributed by atoms with van der Waals surface area (Å²) in [5.74, 6) is 0.462. The van der Waals surface area contributed by atoms with Crippen LogP contribution in [0.2, 0.25) is 0 Å². The second kappa shape index (κ2) is 6.86. The zero-order valence-corrected chi connectivity index (χ0v) is 15.0. The van der Waals surface area contributed by atoms with Crippen LogP contribution in [0.1, 0.15) is 26.2 Å². The number of oxime groups is 1. The number of hydrogen-bond donors (Lipinski definition) is 1. The van der Waals surface area contributed by atoms with E-state index in [1.807, 2.05) is 12.1 Å². The normalized spacial score (nSPS) is 18.1. The Kier molecular flexibility index (Phi) is 4.39. The van der Waals surface area contributed by atoms with E-state index in [4.69, 9.17) is 9.25 Å². The van der Waals surface area contributed by atoms with E-state index in [1.54, 1.807) is 30.2 Å². The number of amides is 2. The number of piperidine rings is 1. The lowest BCUT2D eigenvalue weighted by molar-refractivity contribution is -0.134. The summed E-state index contributed by atoms with van der Waals surface area (Å²) in [7, 11) is 0. The standard InChI is InChI=1S/C19H20N4O4/c1-13(24)23-8-6-19(7-9-23)10-16(22-27-19)18(25)21-15-4-2-14(3-5-15)17-11-20-12-26-17/h2-5,11-12H,6-10H2,1H3,(H,21,25). The molecule has 2 amide bonds. The van der Waals surface area contributed by atoms with Crippen molar-refractivity contribution in [1.29, 1.82) is 0 Å². The summed E-state index contributed by atoms with van der Waals surface area (Å²) in [6.45, 7) is 2.82. The summed E-state index contributed by atoms with van der Waals surface area (Å²) in [6, 6.07) is 7.30. The Labute approximate surface area is 156 Å². The third-order valence-electron chi connectivity index (χ3n) is 5.08. The van der Waals surface area contributed by atoms with Gasteiger partial charge in [0, 0.05) is 50.5 Å². The van der Waals surface area contributed by atoms with E-state index in [0.717, 1.165) is 5.56 Å². The molecule has 0 aliphatic carbocycles. The van der Waals surface area contributed by atoms with Gasteiger partial charge in [0.15, 0.2) is 12.2 Å². The maximum Gasteiger partial charge on any atom is 0.273 e. The van der Waals surface area contributed by atoms with Gasteiger partial charge in [-0.1, -0.05) is 5.16 Å². The van der Waals surface area contributed by atoms with E-state index in [-0.39, 0.29) is 11.8 Å². The van der Waals surface area contributed by atoms with Gasteiger partial charge in [0.1, 0.15) is 11.3 Å². The van der Waals surface area contributed by atoms with Gasteiger partial charge >= 0.3 is 0 Å². The Morgan fingerprint density at radius 2 is 1.93 bits per heavy atom. The first kappa shape index (κ1) is 17.3. The molecule has 0 unspecified atom stereocenters. The molecule has 0 radical (unpaired) electrons. The highest BCUT2D eigenvalue weighted by Crippen LogP contribution is 2.35. The van der Waals surface area contributed by atoms with Crippen molar-refractivity contribution in [2.45, 2.75) is 31.8 Å². The Balaban J connectivity index is 1.35. The molecule has 1 spiro atoms. The second-order valence-corrected chi connectivity index (χ2v) is 6.89. The molecule has 4 rings (SSSR count). The van der Waals surface area contributed by atoms with Crippen molar-refractivity contribution in [2.24, 2.45) is 5.16 Å². The van der Waals surface area contributed by atoms with Gasteiger partial charge in [0.25, 0.3) is 5.91 Å². The first-order chi connectivity index (χ1) is 13.0. The molecular formula is C19H20N4O4. The number of hydrogen-bond acceptors (Lipinski definition) is 6. The monoisotopic (exact) mass is 368 g/mol. The number of aromatic nitrogens is 1. The fourth-order valence-electron chi connectivity index (χ4n) is 3.42. The number of anilines is 1. The van der Waals surface area contributed by atoms with Gasteiger partial charge in [-0.15, -0.1) is 0 Å². The molecule has 3 heterocycles. The van der Waals surface area contributed by atoms with Gasteiger partial charge in [-0.2, -0.15) is 0 Å². The Morgan fingerprint density at radius 1 is 1.19 bits per heavy atom. The topological polar surface area (TPSA) is 97.0 Å². The lowest BCUT2D eigenvalue weighted by atomic mass is 9.86. The summed E-state index contributed by atoms with van der Waals surface area (Å²) in [4.78, 5) is 35.3. The van der Waals surface area contributed by atoms with E-state index in [9.17, 15) is 9.59 Å². The number of likely N-dealkylation sites (tertiary alicyclic amines) is 1. The molecule has 1 aromatic heterocycles. The first-order valence-electron chi connectivity index (χ1n) is 8.86. The SMILES string of the molecule is CC(=O)N1CCC2(CC1)CC(C(=O)Nc1ccc(-c3cnco3)cc1)=NO2. The molecule has 2 aliphatic heterocycles. The van der Waals surface area contributed by atoms with Crippen molar-refractivity contribution in [3.8, 4) is 11.3 Å². The smallest absolute Gasteiger partial charge is 0.273 e. The summed E-state index contributed by atoms with van der Waals surface area (Å²) in [5.41, 5.74) is 1.46. The third-order valence-corrected chi connectivity index (χ3v) is 5.08. The van der Waals surface area contributed by atoms with Crippen LogP contribution >= 0.6 is 0 Å². The lowest BCUT2D eigenvalue weighted by Gasteiger charge is -2.36. The number of benzene rings is 1. The number of nitrogens with zero attached hydrogens (tertiary/aromatic N) is 3. The predicted octanol–water partition coefficient (Wildman–Crippen LogP) is 2.44. The highest BCUT2D eigenvalue weighted by atomic mass is 16.7. The number of nitrogens with one attached hydrogen (secondary N) is 1. The molecule has 0 atom stereocenters. The average molecular weight is 368 g/mol. The van der Waals surface area contributed by atoms with Crippen LogP contribution in [0.25, 0.3) is 11.3 Å². The molecule has 27 heavy (non-hydrogen) atoms. The van der Waals surface area contributed by atoms with Gasteiger partial charge in [-0.05, 0) is 24.3 Å². The number of oxazole rings is 1. The molecule has 1 fully saturated rings. The zero-order valence-electron chi connectivity index (χ0n) is 15.0. The third kappa shape index (κ3) is 3.55. The van der Waals surface area contributed by atoms with Gasteiger partial charge in [-0.25, -0.2) is 4.98 Å². The molecule has 2 aromatic rings. The van der Waals surface area contributed by atoms with Crippen LogP contribution in [-0.2, 0) is 14.4 Å². The van der Waals surface area contributed by atoms with Crippen LogP contribution in [0.5, 0.6) is 0 Å². The molecule has 8 nitrogen and oxygen atoms in total. The maximum atomic E-state index is 12.5. The van der Waals surface area contributed by atoms with Crippen molar-refractivity contribution in [3.63, 3.8) is 0 Å². The van der Waals surface area contributed by atoms with Gasteiger partial charge in [-0.3, -0.25) is 9.59 Å². The molecule has 140 valence electrons. The van der Waals surface area contributed by atoms with Crippen LogP contribution < -0.4 is 5.32 Å². The van der Waals surface area contributed by atoms with E-state index in [2.05, 4.69) is 15.5 Å². The fourth-order valence-corrected chi connectivity index (χ4v) is 3.42. The number of carbonyl (C=O) groups is 2.